The Kier molecular flexibility index (Phi) is 7.58. The highest BCUT2D eigenvalue weighted by Gasteiger charge is 2.24. The quantitative estimate of drug-likeness (QED) is 0.170. The standard InChI is InChI=1S/C27H23ClINO4/c1-16(2)19-7-9-20(10-8-19)26-30-23(27(31)34-26)13-18-12-22(28)25(24(14-18)32-3)33-15-17-5-4-6-21(29)11-17/h4-14,16H,15H2,1-3H3/b23-13-. The number of nitrogens with zero attached hydrogens (tertiary/aromatic N) is 1. The molecule has 3 aromatic carbocycles. The first-order chi connectivity index (χ1) is 16.3. The molecular formula is C27H23ClINO4. The number of aliphatic imine (C=N–C) groups is 1. The van der Waals surface area contributed by atoms with Gasteiger partial charge < -0.3 is 14.2 Å². The lowest BCUT2D eigenvalue weighted by Crippen LogP contribution is -2.05. The maximum absolute atomic E-state index is 12.4. The van der Waals surface area contributed by atoms with Crippen molar-refractivity contribution >= 4 is 52.1 Å². The molecule has 174 valence electrons. The number of cyclic esters (lactones) is 1. The molecule has 0 saturated heterocycles. The minimum absolute atomic E-state index is 0.189. The monoisotopic (exact) mass is 587 g/mol. The molecule has 0 spiro atoms. The average molecular weight is 588 g/mol. The van der Waals surface area contributed by atoms with Crippen LogP contribution in [-0.4, -0.2) is 19.0 Å². The molecule has 1 heterocycles. The predicted molar refractivity (Wildman–Crippen MR) is 143 cm³/mol. The van der Waals surface area contributed by atoms with Gasteiger partial charge in [-0.2, -0.15) is 0 Å². The maximum atomic E-state index is 12.4. The van der Waals surface area contributed by atoms with Gasteiger partial charge in [-0.05, 0) is 87.7 Å². The molecule has 0 amide bonds. The second kappa shape index (κ2) is 10.6. The molecule has 0 bridgehead atoms. The van der Waals surface area contributed by atoms with E-state index in [2.05, 4.69) is 41.4 Å². The third-order valence-corrected chi connectivity index (χ3v) is 6.22. The van der Waals surface area contributed by atoms with Gasteiger partial charge in [-0.25, -0.2) is 9.79 Å². The van der Waals surface area contributed by atoms with Gasteiger partial charge in [-0.1, -0.05) is 49.7 Å². The van der Waals surface area contributed by atoms with Gasteiger partial charge in [0.15, 0.2) is 17.2 Å². The van der Waals surface area contributed by atoms with Crippen LogP contribution in [0.4, 0.5) is 0 Å². The zero-order chi connectivity index (χ0) is 24.2. The molecule has 34 heavy (non-hydrogen) atoms. The molecule has 0 N–H and O–H groups in total. The highest BCUT2D eigenvalue weighted by molar-refractivity contribution is 14.1. The van der Waals surface area contributed by atoms with E-state index in [-0.39, 0.29) is 11.6 Å². The third kappa shape index (κ3) is 5.62. The zero-order valence-corrected chi connectivity index (χ0v) is 21.9. The molecule has 0 fully saturated rings. The summed E-state index contributed by atoms with van der Waals surface area (Å²) in [6, 6.07) is 19.3. The van der Waals surface area contributed by atoms with Crippen molar-refractivity contribution in [1.82, 2.24) is 0 Å². The smallest absolute Gasteiger partial charge is 0.363 e. The lowest BCUT2D eigenvalue weighted by Gasteiger charge is -2.13. The summed E-state index contributed by atoms with van der Waals surface area (Å²) in [4.78, 5) is 16.8. The van der Waals surface area contributed by atoms with Gasteiger partial charge in [0.05, 0.1) is 12.1 Å². The Hall–Kier alpha value is -2.84. The summed E-state index contributed by atoms with van der Waals surface area (Å²) in [5, 5.41) is 0.372. The van der Waals surface area contributed by atoms with Crippen molar-refractivity contribution < 1.29 is 19.0 Å². The van der Waals surface area contributed by atoms with Crippen LogP contribution in [0, 0.1) is 3.57 Å². The Morgan fingerprint density at radius 1 is 1.12 bits per heavy atom. The molecule has 4 rings (SSSR count). The van der Waals surface area contributed by atoms with Crippen molar-refractivity contribution in [2.75, 3.05) is 7.11 Å². The molecule has 1 aliphatic rings. The number of carbonyl (C=O) groups excluding carboxylic acids is 1. The molecule has 0 radical (unpaired) electrons. The molecule has 0 saturated carbocycles. The summed E-state index contributed by atoms with van der Waals surface area (Å²) in [7, 11) is 1.54. The van der Waals surface area contributed by atoms with Gasteiger partial charge in [0, 0.05) is 9.13 Å². The number of rotatable bonds is 7. The number of ether oxygens (including phenoxy) is 3. The average Bonchev–Trinajstić information content (AvgIpc) is 3.18. The van der Waals surface area contributed by atoms with Gasteiger partial charge in [0.1, 0.15) is 6.61 Å². The second-order valence-electron chi connectivity index (χ2n) is 8.07. The summed E-state index contributed by atoms with van der Waals surface area (Å²) < 4.78 is 18.0. The molecular weight excluding hydrogens is 565 g/mol. The van der Waals surface area contributed by atoms with Crippen LogP contribution < -0.4 is 9.47 Å². The van der Waals surface area contributed by atoms with Crippen molar-refractivity contribution in [3.8, 4) is 11.5 Å². The molecule has 5 nitrogen and oxygen atoms in total. The SMILES string of the molecule is COc1cc(/C=C2\N=C(c3ccc(C(C)C)cc3)OC2=O)cc(Cl)c1OCc1cccc(I)c1. The van der Waals surface area contributed by atoms with Crippen LogP contribution in [0.3, 0.4) is 0 Å². The summed E-state index contributed by atoms with van der Waals surface area (Å²) >= 11 is 8.77. The van der Waals surface area contributed by atoms with Crippen LogP contribution in [0.15, 0.2) is 71.4 Å². The Morgan fingerprint density at radius 3 is 2.56 bits per heavy atom. The molecule has 0 aliphatic carbocycles. The van der Waals surface area contributed by atoms with Crippen molar-refractivity contribution in [3.05, 3.63) is 97.2 Å². The summed E-state index contributed by atoms with van der Waals surface area (Å²) in [6.45, 7) is 4.60. The third-order valence-electron chi connectivity index (χ3n) is 5.27. The predicted octanol–water partition coefficient (Wildman–Crippen LogP) is 7.00. The number of benzene rings is 3. The highest BCUT2D eigenvalue weighted by Crippen LogP contribution is 2.38. The van der Waals surface area contributed by atoms with Gasteiger partial charge in [0.25, 0.3) is 0 Å². The minimum Gasteiger partial charge on any atom is -0.493 e. The maximum Gasteiger partial charge on any atom is 0.363 e. The van der Waals surface area contributed by atoms with Gasteiger partial charge in [-0.3, -0.25) is 0 Å². The van der Waals surface area contributed by atoms with Gasteiger partial charge >= 0.3 is 5.97 Å². The number of carbonyl (C=O) groups is 1. The van der Waals surface area contributed by atoms with E-state index in [1.165, 1.54) is 5.56 Å². The van der Waals surface area contributed by atoms with Crippen LogP contribution in [0.2, 0.25) is 5.02 Å². The number of hydrogen-bond donors (Lipinski definition) is 0. The van der Waals surface area contributed by atoms with Crippen molar-refractivity contribution in [2.24, 2.45) is 4.99 Å². The van der Waals surface area contributed by atoms with E-state index in [4.69, 9.17) is 25.8 Å². The van der Waals surface area contributed by atoms with E-state index in [0.717, 1.165) is 14.7 Å². The van der Waals surface area contributed by atoms with Crippen molar-refractivity contribution in [3.63, 3.8) is 0 Å². The van der Waals surface area contributed by atoms with Crippen molar-refractivity contribution in [1.29, 1.82) is 0 Å². The van der Waals surface area contributed by atoms with Crippen LogP contribution in [0.25, 0.3) is 6.08 Å². The summed E-state index contributed by atoms with van der Waals surface area (Å²) in [5.41, 5.74) is 3.81. The van der Waals surface area contributed by atoms with E-state index in [0.29, 0.717) is 34.6 Å². The number of esters is 1. The minimum atomic E-state index is -0.517. The normalized spacial score (nSPS) is 14.4. The Labute approximate surface area is 217 Å². The fourth-order valence-electron chi connectivity index (χ4n) is 3.45. The van der Waals surface area contributed by atoms with Crippen molar-refractivity contribution in [2.45, 2.75) is 26.4 Å². The second-order valence-corrected chi connectivity index (χ2v) is 9.72. The van der Waals surface area contributed by atoms with Crippen LogP contribution >= 0.6 is 34.2 Å². The van der Waals surface area contributed by atoms with Crippen LogP contribution in [0.1, 0.15) is 42.0 Å². The molecule has 1 aliphatic heterocycles. The Bertz CT molecular complexity index is 1280. The highest BCUT2D eigenvalue weighted by atomic mass is 127. The molecule has 0 aromatic heterocycles. The summed E-state index contributed by atoms with van der Waals surface area (Å²) in [5.74, 6) is 1.08. The Balaban J connectivity index is 1.57. The fourth-order valence-corrected chi connectivity index (χ4v) is 4.33. The van der Waals surface area contributed by atoms with Crippen LogP contribution in [-0.2, 0) is 16.1 Å². The van der Waals surface area contributed by atoms with Crippen LogP contribution in [0.5, 0.6) is 11.5 Å². The number of methoxy groups -OCH3 is 1. The topological polar surface area (TPSA) is 57.1 Å². The van der Waals surface area contributed by atoms with Gasteiger partial charge in [0.2, 0.25) is 5.90 Å². The molecule has 0 atom stereocenters. The molecule has 0 unspecified atom stereocenters. The van der Waals surface area contributed by atoms with E-state index in [9.17, 15) is 4.79 Å². The van der Waals surface area contributed by atoms with E-state index in [1.807, 2.05) is 48.5 Å². The first kappa shape index (κ1) is 24.3. The Morgan fingerprint density at radius 2 is 1.88 bits per heavy atom. The number of halogens is 2. The lowest BCUT2D eigenvalue weighted by atomic mass is 10.0. The molecule has 7 heteroatoms. The van der Waals surface area contributed by atoms with E-state index >= 15 is 0 Å². The van der Waals surface area contributed by atoms with E-state index in [1.54, 1.807) is 25.3 Å². The molecule has 3 aromatic rings. The number of hydrogen-bond acceptors (Lipinski definition) is 5. The first-order valence-electron chi connectivity index (χ1n) is 10.7. The summed E-state index contributed by atoms with van der Waals surface area (Å²) in [6.07, 6.45) is 1.62. The fraction of sp³-hybridized carbons (Fsp3) is 0.185. The first-order valence-corrected chi connectivity index (χ1v) is 12.2. The zero-order valence-electron chi connectivity index (χ0n) is 19.0. The van der Waals surface area contributed by atoms with E-state index < -0.39 is 5.97 Å². The largest absolute Gasteiger partial charge is 0.493 e. The van der Waals surface area contributed by atoms with Gasteiger partial charge in [-0.15, -0.1) is 0 Å². The lowest BCUT2D eigenvalue weighted by molar-refractivity contribution is -0.129.